The minimum Gasteiger partial charge on any atom is -0.451 e. The molecule has 1 aromatic heterocycles. The summed E-state index contributed by atoms with van der Waals surface area (Å²) in [6.45, 7) is 0.464. The molecule has 1 amide bonds. The lowest BCUT2D eigenvalue weighted by Crippen LogP contribution is -2.22. The molecule has 5 heteroatoms. The van der Waals surface area contributed by atoms with Crippen molar-refractivity contribution in [3.05, 3.63) is 64.9 Å². The maximum Gasteiger partial charge on any atom is 0.287 e. The maximum atomic E-state index is 12.2. The van der Waals surface area contributed by atoms with Gasteiger partial charge in [0.25, 0.3) is 5.91 Å². The molecular formula is C17H14ClNO2S. The monoisotopic (exact) mass is 331 g/mol. The van der Waals surface area contributed by atoms with E-state index in [4.69, 9.17) is 16.0 Å². The molecule has 0 radical (unpaired) electrons. The Balaban J connectivity index is 1.69. The number of rotatable bonds is 4. The van der Waals surface area contributed by atoms with Crippen molar-refractivity contribution in [2.45, 2.75) is 11.4 Å². The molecule has 0 unspecified atom stereocenters. The molecule has 1 N–H and O–H groups in total. The van der Waals surface area contributed by atoms with Crippen molar-refractivity contribution in [2.75, 3.05) is 6.26 Å². The van der Waals surface area contributed by atoms with Gasteiger partial charge >= 0.3 is 0 Å². The number of carbonyl (C=O) groups is 1. The van der Waals surface area contributed by atoms with E-state index in [2.05, 4.69) is 5.32 Å². The minimum absolute atomic E-state index is 0.235. The van der Waals surface area contributed by atoms with Crippen molar-refractivity contribution in [2.24, 2.45) is 0 Å². The number of thioether (sulfide) groups is 1. The van der Waals surface area contributed by atoms with Gasteiger partial charge in [0.05, 0.1) is 0 Å². The third kappa shape index (κ3) is 3.29. The maximum absolute atomic E-state index is 12.2. The second-order valence-corrected chi connectivity index (χ2v) is 6.14. The predicted octanol–water partition coefficient (Wildman–Crippen LogP) is 4.74. The van der Waals surface area contributed by atoms with Gasteiger partial charge in [0, 0.05) is 21.8 Å². The summed E-state index contributed by atoms with van der Waals surface area (Å²) in [4.78, 5) is 13.4. The van der Waals surface area contributed by atoms with Crippen LogP contribution in [0.1, 0.15) is 16.1 Å². The smallest absolute Gasteiger partial charge is 0.287 e. The summed E-state index contributed by atoms with van der Waals surface area (Å²) in [5, 5.41) is 4.30. The highest BCUT2D eigenvalue weighted by molar-refractivity contribution is 7.98. The lowest BCUT2D eigenvalue weighted by molar-refractivity contribution is 0.0925. The fraction of sp³-hybridized carbons (Fsp3) is 0.118. The van der Waals surface area contributed by atoms with Gasteiger partial charge in [0.1, 0.15) is 5.58 Å². The van der Waals surface area contributed by atoms with Crippen LogP contribution in [0.25, 0.3) is 11.0 Å². The van der Waals surface area contributed by atoms with E-state index in [0.717, 1.165) is 10.9 Å². The molecule has 0 saturated heterocycles. The summed E-state index contributed by atoms with van der Waals surface area (Å²) in [7, 11) is 0. The summed E-state index contributed by atoms with van der Waals surface area (Å²) in [6.07, 6.45) is 2.03. The Hall–Kier alpha value is -1.91. The van der Waals surface area contributed by atoms with Gasteiger partial charge in [-0.25, -0.2) is 0 Å². The quantitative estimate of drug-likeness (QED) is 0.702. The van der Waals surface area contributed by atoms with Gasteiger partial charge < -0.3 is 9.73 Å². The molecule has 0 aliphatic rings. The Labute approximate surface area is 137 Å². The van der Waals surface area contributed by atoms with E-state index in [9.17, 15) is 4.79 Å². The molecule has 0 atom stereocenters. The van der Waals surface area contributed by atoms with Crippen LogP contribution in [0.4, 0.5) is 0 Å². The molecule has 3 rings (SSSR count). The van der Waals surface area contributed by atoms with Crippen molar-refractivity contribution >= 4 is 40.2 Å². The second-order valence-electron chi connectivity index (χ2n) is 4.82. The summed E-state index contributed by atoms with van der Waals surface area (Å²) in [5.74, 6) is 0.0549. The Kier molecular flexibility index (Phi) is 4.41. The van der Waals surface area contributed by atoms with Crippen LogP contribution in [0.5, 0.6) is 0 Å². The van der Waals surface area contributed by atoms with E-state index >= 15 is 0 Å². The van der Waals surface area contributed by atoms with Crippen molar-refractivity contribution < 1.29 is 9.21 Å². The molecule has 2 aromatic carbocycles. The Morgan fingerprint density at radius 2 is 1.95 bits per heavy atom. The third-order valence-electron chi connectivity index (χ3n) is 3.31. The third-order valence-corrected chi connectivity index (χ3v) is 4.29. The fourth-order valence-corrected chi connectivity index (χ4v) is 2.73. The molecule has 0 aliphatic heterocycles. The van der Waals surface area contributed by atoms with Crippen LogP contribution in [-0.2, 0) is 6.54 Å². The molecule has 3 nitrogen and oxygen atoms in total. The Morgan fingerprint density at radius 3 is 2.68 bits per heavy atom. The Bertz CT molecular complexity index is 811. The van der Waals surface area contributed by atoms with Gasteiger partial charge in [-0.2, -0.15) is 0 Å². The molecule has 0 bridgehead atoms. The first kappa shape index (κ1) is 15.0. The molecule has 0 aliphatic carbocycles. The fourth-order valence-electron chi connectivity index (χ4n) is 2.14. The molecule has 0 fully saturated rings. The lowest BCUT2D eigenvalue weighted by Gasteiger charge is -2.04. The number of amides is 1. The van der Waals surface area contributed by atoms with Crippen molar-refractivity contribution in [1.82, 2.24) is 5.32 Å². The van der Waals surface area contributed by atoms with E-state index in [0.29, 0.717) is 17.2 Å². The van der Waals surface area contributed by atoms with Gasteiger partial charge in [-0.3, -0.25) is 4.79 Å². The van der Waals surface area contributed by atoms with Gasteiger partial charge in [0.2, 0.25) is 0 Å². The summed E-state index contributed by atoms with van der Waals surface area (Å²) >= 11 is 7.62. The average Bonchev–Trinajstić information content (AvgIpc) is 2.96. The van der Waals surface area contributed by atoms with Gasteiger partial charge in [-0.15, -0.1) is 11.8 Å². The van der Waals surface area contributed by atoms with Crippen LogP contribution < -0.4 is 5.32 Å². The topological polar surface area (TPSA) is 42.2 Å². The number of nitrogens with one attached hydrogen (secondary N) is 1. The average molecular weight is 332 g/mol. The van der Waals surface area contributed by atoms with Crippen LogP contribution in [0.3, 0.4) is 0 Å². The van der Waals surface area contributed by atoms with E-state index < -0.39 is 0 Å². The summed E-state index contributed by atoms with van der Waals surface area (Å²) in [6, 6.07) is 15.1. The second kappa shape index (κ2) is 6.46. The highest BCUT2D eigenvalue weighted by Crippen LogP contribution is 2.23. The van der Waals surface area contributed by atoms with Crippen LogP contribution in [-0.4, -0.2) is 12.2 Å². The van der Waals surface area contributed by atoms with E-state index in [1.165, 1.54) is 4.90 Å². The van der Waals surface area contributed by atoms with Crippen molar-refractivity contribution in [1.29, 1.82) is 0 Å². The zero-order valence-corrected chi connectivity index (χ0v) is 13.5. The van der Waals surface area contributed by atoms with Crippen molar-refractivity contribution in [3.8, 4) is 0 Å². The van der Waals surface area contributed by atoms with Gasteiger partial charge in [0.15, 0.2) is 5.76 Å². The summed E-state index contributed by atoms with van der Waals surface area (Å²) < 4.78 is 5.54. The molecule has 1 heterocycles. The molecule has 0 saturated carbocycles. The SMILES string of the molecule is CSc1ccc(CNC(=O)c2cc3cc(Cl)ccc3o2)cc1. The van der Waals surface area contributed by atoms with Crippen LogP contribution in [0, 0.1) is 0 Å². The predicted molar refractivity (Wildman–Crippen MR) is 90.6 cm³/mol. The molecule has 0 spiro atoms. The number of hydrogen-bond acceptors (Lipinski definition) is 3. The number of furan rings is 1. The van der Waals surface area contributed by atoms with E-state index in [1.54, 1.807) is 36.0 Å². The minimum atomic E-state index is -0.235. The summed E-state index contributed by atoms with van der Waals surface area (Å²) in [5.41, 5.74) is 1.70. The molecule has 22 heavy (non-hydrogen) atoms. The highest BCUT2D eigenvalue weighted by Gasteiger charge is 2.12. The normalized spacial score (nSPS) is 10.8. The van der Waals surface area contributed by atoms with Crippen molar-refractivity contribution in [3.63, 3.8) is 0 Å². The van der Waals surface area contributed by atoms with Gasteiger partial charge in [-0.05, 0) is 48.2 Å². The lowest BCUT2D eigenvalue weighted by atomic mass is 10.2. The Morgan fingerprint density at radius 1 is 1.18 bits per heavy atom. The van der Waals surface area contributed by atoms with E-state index in [-0.39, 0.29) is 11.7 Å². The number of carbonyl (C=O) groups excluding carboxylic acids is 1. The van der Waals surface area contributed by atoms with Crippen LogP contribution in [0.15, 0.2) is 57.8 Å². The largest absolute Gasteiger partial charge is 0.451 e. The van der Waals surface area contributed by atoms with Crippen LogP contribution >= 0.6 is 23.4 Å². The number of hydrogen-bond donors (Lipinski definition) is 1. The number of fused-ring (bicyclic) bond motifs is 1. The van der Waals surface area contributed by atoms with E-state index in [1.807, 2.05) is 30.5 Å². The molecule has 3 aromatic rings. The first-order valence-corrected chi connectivity index (χ1v) is 8.36. The van der Waals surface area contributed by atoms with Gasteiger partial charge in [-0.1, -0.05) is 23.7 Å². The highest BCUT2D eigenvalue weighted by atomic mass is 35.5. The van der Waals surface area contributed by atoms with Crippen LogP contribution in [0.2, 0.25) is 5.02 Å². The zero-order valence-electron chi connectivity index (χ0n) is 11.9. The standard InChI is InChI=1S/C17H14ClNO2S/c1-22-14-5-2-11(3-6-14)10-19-17(20)16-9-12-8-13(18)4-7-15(12)21-16/h2-9H,10H2,1H3,(H,19,20). The molecule has 112 valence electrons. The first-order valence-electron chi connectivity index (χ1n) is 6.76. The molecular weight excluding hydrogens is 318 g/mol. The first-order chi connectivity index (χ1) is 10.7. The number of benzene rings is 2. The zero-order chi connectivity index (χ0) is 15.5. The number of halogens is 1.